The van der Waals surface area contributed by atoms with Crippen LogP contribution >= 0.6 is 68.0 Å². The van der Waals surface area contributed by atoms with Gasteiger partial charge in [0.05, 0.1) is 36.8 Å². The molecular weight excluding hydrogens is 1740 g/mol. The van der Waals surface area contributed by atoms with Gasteiger partial charge in [-0.25, -0.2) is 14.6 Å². The minimum Gasteiger partial charge on any atom is -0.493 e. The van der Waals surface area contributed by atoms with Crippen LogP contribution in [0.4, 0.5) is 11.4 Å². The molecule has 6 aromatic heterocycles. The number of fused-ring (bicyclic) bond motifs is 2. The van der Waals surface area contributed by atoms with E-state index in [1.807, 2.05) is 87.8 Å². The zero-order valence-electron chi connectivity index (χ0n) is 79.5. The molecule has 0 bridgehead atoms. The van der Waals surface area contributed by atoms with Crippen LogP contribution in [0.25, 0.3) is 102 Å². The number of carbonyl (C=O) groups excluding carboxylic acids is 5. The molecule has 0 unspecified atom stereocenters. The molecule has 2 aliphatic rings. The molecule has 2 aliphatic heterocycles. The molecule has 0 atom stereocenters. The number of carbonyl (C=O) groups is 5. The third-order valence-electron chi connectivity index (χ3n) is 27.0. The zero-order valence-corrected chi connectivity index (χ0v) is 84.4. The molecule has 0 spiro atoms. The van der Waals surface area contributed by atoms with Crippen molar-refractivity contribution in [3.63, 3.8) is 0 Å². The van der Waals surface area contributed by atoms with Crippen LogP contribution in [0, 0.1) is 0 Å². The first-order valence-corrected chi connectivity index (χ1v) is 54.7. The third-order valence-corrected chi connectivity index (χ3v) is 34.6. The molecule has 16 rings (SSSR count). The van der Waals surface area contributed by atoms with Gasteiger partial charge in [-0.05, 0) is 238 Å². The van der Waals surface area contributed by atoms with Crippen LogP contribution in [0.15, 0.2) is 164 Å². The van der Waals surface area contributed by atoms with E-state index in [4.69, 9.17) is 14.2 Å². The number of hydrogen-bond acceptors (Lipinski definition) is 14. The van der Waals surface area contributed by atoms with Crippen LogP contribution in [-0.4, -0.2) is 49.4 Å². The lowest BCUT2D eigenvalue weighted by Crippen LogP contribution is -2.42. The summed E-state index contributed by atoms with van der Waals surface area (Å²) < 4.78 is 18.8. The summed E-state index contributed by atoms with van der Waals surface area (Å²) in [5.41, 5.74) is 9.08. The van der Waals surface area contributed by atoms with E-state index in [1.165, 1.54) is 182 Å². The van der Waals surface area contributed by atoms with E-state index in [1.54, 1.807) is 22.7 Å². The molecule has 0 saturated heterocycles. The second-order valence-electron chi connectivity index (χ2n) is 38.0. The van der Waals surface area contributed by atoms with E-state index < -0.39 is 0 Å². The molecule has 690 valence electrons. The summed E-state index contributed by atoms with van der Waals surface area (Å²) in [5.74, 6) is -0.582. The number of esters is 1. The van der Waals surface area contributed by atoms with E-state index in [9.17, 15) is 4.79 Å². The van der Waals surface area contributed by atoms with Gasteiger partial charge in [0.2, 0.25) is 0 Å². The minimum atomic E-state index is -0.389. The number of para-hydroxylation sites is 2. The predicted molar refractivity (Wildman–Crippen MR) is 565 cm³/mol. The van der Waals surface area contributed by atoms with Gasteiger partial charge in [0.1, 0.15) is 11.5 Å². The number of unbranched alkanes of at least 4 members (excludes halogenated alkanes) is 25. The maximum atomic E-state index is 16.5. The first kappa shape index (κ1) is 95.8. The van der Waals surface area contributed by atoms with E-state index in [2.05, 4.69) is 197 Å². The van der Waals surface area contributed by atoms with Gasteiger partial charge in [0, 0.05) is 103 Å². The summed E-state index contributed by atoms with van der Waals surface area (Å²) >= 11 is 11.0. The van der Waals surface area contributed by atoms with Crippen molar-refractivity contribution in [2.45, 2.75) is 299 Å². The number of benzene rings is 8. The molecule has 16 heteroatoms. The molecule has 8 heterocycles. The fourth-order valence-electron chi connectivity index (χ4n) is 19.9. The largest absolute Gasteiger partial charge is 0.493 e. The van der Waals surface area contributed by atoms with Crippen molar-refractivity contribution in [3.05, 3.63) is 224 Å². The molecule has 4 amide bonds. The van der Waals surface area contributed by atoms with Gasteiger partial charge in [0.15, 0.2) is 0 Å². The fraction of sp³-hybridized carbons (Fsp3) is 0.422. The number of ether oxygens (including phenoxy) is 3. The molecule has 0 saturated carbocycles. The Kier molecular flexibility index (Phi) is 32.5. The van der Waals surface area contributed by atoms with Crippen LogP contribution in [-0.2, 0) is 17.6 Å². The highest BCUT2D eigenvalue weighted by molar-refractivity contribution is 7.30. The van der Waals surface area contributed by atoms with Gasteiger partial charge in [-0.2, -0.15) is 0 Å². The highest BCUT2D eigenvalue weighted by atomic mass is 32.1. The summed E-state index contributed by atoms with van der Waals surface area (Å²) in [7, 11) is 0. The lowest BCUT2D eigenvalue weighted by Gasteiger charge is -2.34. The molecule has 0 radical (unpaired) electrons. The molecule has 132 heavy (non-hydrogen) atoms. The van der Waals surface area contributed by atoms with Crippen LogP contribution in [0.3, 0.4) is 0 Å². The number of imide groups is 2. The lowest BCUT2D eigenvalue weighted by molar-refractivity contribution is 0.0495. The summed E-state index contributed by atoms with van der Waals surface area (Å²) in [4.78, 5) is 96.8. The Bertz CT molecular complexity index is 6290. The zero-order chi connectivity index (χ0) is 92.1. The Morgan fingerprint density at radius 1 is 0.288 bits per heavy atom. The Labute approximate surface area is 807 Å². The molecule has 0 N–H and O–H groups in total. The van der Waals surface area contributed by atoms with Crippen molar-refractivity contribution in [1.82, 2.24) is 0 Å². The minimum absolute atomic E-state index is 0.00140. The number of amides is 4. The van der Waals surface area contributed by atoms with E-state index in [-0.39, 0.29) is 59.9 Å². The molecule has 8 aromatic carbocycles. The Morgan fingerprint density at radius 2 is 0.614 bits per heavy atom. The molecule has 0 fully saturated rings. The van der Waals surface area contributed by atoms with Crippen LogP contribution in [0.1, 0.15) is 371 Å². The van der Waals surface area contributed by atoms with Gasteiger partial charge in [0.25, 0.3) is 23.6 Å². The van der Waals surface area contributed by atoms with Crippen molar-refractivity contribution < 1.29 is 38.2 Å². The smallest absolute Gasteiger partial charge is 0.338 e. The van der Waals surface area contributed by atoms with Crippen molar-refractivity contribution in [2.24, 2.45) is 0 Å². The SMILES string of the molecule is CCCCCCCCCCCCOc1cc(OCCCCCCCCCCCC)cc(C(=O)OCCCCCCCc2cc3c4c(ccc5c6c(-c7ccc(-c8ccc(-c9ccc(-c%10ccc(-c%11ccc(-c%12ccc(CCCCCC)s%12)s%11)s%10)s9)s8)s7)cc7c8c(ccc(c2c45)c86)C(=O)N(c2c(C(C)C)cccc2C(C)C)C7=O)C(=O)N(c2c(C(C)C)cccc2C(C)C)C3=O)c1. The van der Waals surface area contributed by atoms with Crippen LogP contribution in [0.5, 0.6) is 11.5 Å². The number of aryl methyl sites for hydroxylation is 2. The number of anilines is 2. The number of hydrogen-bond donors (Lipinski definition) is 0. The van der Waals surface area contributed by atoms with Gasteiger partial charge in [-0.1, -0.05) is 279 Å². The fourth-order valence-corrected chi connectivity index (χ4v) is 26.5. The average Bonchev–Trinajstić information content (AvgIpc) is 0.732. The number of thiophene rings is 6. The second-order valence-corrected chi connectivity index (χ2v) is 44.6. The summed E-state index contributed by atoms with van der Waals surface area (Å²) in [6.07, 6.45) is 35.7. The first-order chi connectivity index (χ1) is 64.3. The van der Waals surface area contributed by atoms with Crippen molar-refractivity contribution in [3.8, 4) is 70.7 Å². The van der Waals surface area contributed by atoms with E-state index >= 15 is 19.2 Å². The normalized spacial score (nSPS) is 13.0. The van der Waals surface area contributed by atoms with E-state index in [0.717, 1.165) is 138 Å². The number of nitrogens with zero attached hydrogens (tertiary/aromatic N) is 2. The topological polar surface area (TPSA) is 120 Å². The predicted octanol–water partition coefficient (Wildman–Crippen LogP) is 36.3. The standard InChI is InChI=1S/C116H132N2O8S6/c1-12-15-18-21-23-25-27-29-33-38-65-124-79-68-78(69-80(71-79)125-66-39-34-30-28-26-24-22-19-16-13-2)116(123)126-67-40-35-31-32-36-43-77-70-91-106-88(112(119)117(114(91)121)110-82(73(4)5)45-41-46-83(110)74(6)7)53-51-87-105-90(72-92-107-89(52-50-86(109(105)107)104(77)108(87)106)113(120)118(115(92)122)111-84(75(8)9)47-42-48-85(111)76(10)11)93-55-56-96(128-93)97-59-60-100(130-97)101-63-64-103(132-101)102-62-61-99(131-102)98-58-57-95(129-98)94-54-49-81(127-94)44-37-20-17-14-3/h41-42,45-64,68-76H,12-40,43-44,65-67H2,1-11H3. The Balaban J connectivity index is 0.704. The van der Waals surface area contributed by atoms with Crippen molar-refractivity contribution in [1.29, 1.82) is 0 Å². The summed E-state index contributed by atoms with van der Waals surface area (Å²) in [5, 5.41) is 6.35. The highest BCUT2D eigenvalue weighted by Gasteiger charge is 2.43. The van der Waals surface area contributed by atoms with E-state index in [0.29, 0.717) is 87.5 Å². The summed E-state index contributed by atoms with van der Waals surface area (Å²) in [6, 6.07) is 57.2. The Hall–Kier alpha value is -9.39. The van der Waals surface area contributed by atoms with Gasteiger partial charge >= 0.3 is 5.97 Å². The van der Waals surface area contributed by atoms with Crippen LogP contribution in [0.2, 0.25) is 0 Å². The molecule has 10 nitrogen and oxygen atoms in total. The Morgan fingerprint density at radius 3 is 1.03 bits per heavy atom. The highest BCUT2D eigenvalue weighted by Crippen LogP contribution is 2.55. The maximum absolute atomic E-state index is 16.5. The lowest BCUT2D eigenvalue weighted by atomic mass is 9.78. The van der Waals surface area contributed by atoms with Crippen molar-refractivity contribution >= 4 is 152 Å². The monoisotopic (exact) mass is 1870 g/mol. The quantitative estimate of drug-likeness (QED) is 0.0122. The summed E-state index contributed by atoms with van der Waals surface area (Å²) in [6.45, 7) is 25.2. The van der Waals surface area contributed by atoms with Crippen LogP contribution < -0.4 is 19.3 Å². The molecular formula is C116H132N2O8S6. The second kappa shape index (κ2) is 44.8. The van der Waals surface area contributed by atoms with Gasteiger partial charge in [-0.3, -0.25) is 19.2 Å². The molecule has 14 aromatic rings. The van der Waals surface area contributed by atoms with Gasteiger partial charge < -0.3 is 14.2 Å². The number of rotatable bonds is 50. The van der Waals surface area contributed by atoms with Crippen molar-refractivity contribution in [2.75, 3.05) is 29.6 Å². The maximum Gasteiger partial charge on any atom is 0.338 e. The third kappa shape index (κ3) is 21.2. The first-order valence-electron chi connectivity index (χ1n) is 49.8. The van der Waals surface area contributed by atoms with Gasteiger partial charge in [-0.15, -0.1) is 68.0 Å². The average molecular weight is 1870 g/mol. The molecule has 0 aliphatic carbocycles.